The van der Waals surface area contributed by atoms with Crippen LogP contribution in [-0.2, 0) is 12.0 Å². The van der Waals surface area contributed by atoms with Crippen LogP contribution in [0.5, 0.6) is 0 Å². The number of hydrogen-bond acceptors (Lipinski definition) is 6. The second kappa shape index (κ2) is 5.68. The number of aromatic nitrogens is 3. The van der Waals surface area contributed by atoms with Crippen molar-refractivity contribution in [3.63, 3.8) is 0 Å². The molecular formula is C16H23N5O. The molecule has 2 aromatic rings. The fraction of sp³-hybridized carbons (Fsp3) is 0.562. The van der Waals surface area contributed by atoms with Gasteiger partial charge in [-0.25, -0.2) is 4.98 Å². The van der Waals surface area contributed by atoms with Gasteiger partial charge >= 0.3 is 0 Å². The Bertz CT molecular complexity index is 596. The number of nitrogens with zero attached hydrogens (tertiary/aromatic N) is 5. The van der Waals surface area contributed by atoms with Crippen molar-refractivity contribution in [3.05, 3.63) is 36.2 Å². The Morgan fingerprint density at radius 3 is 2.59 bits per heavy atom. The predicted octanol–water partition coefficient (Wildman–Crippen LogP) is 2.08. The van der Waals surface area contributed by atoms with Gasteiger partial charge in [-0.1, -0.05) is 20.8 Å². The highest BCUT2D eigenvalue weighted by molar-refractivity contribution is 5.42. The normalized spacial score (nSPS) is 16.1. The van der Waals surface area contributed by atoms with E-state index in [4.69, 9.17) is 4.42 Å². The first kappa shape index (κ1) is 15.0. The van der Waals surface area contributed by atoms with Gasteiger partial charge in [0.25, 0.3) is 0 Å². The van der Waals surface area contributed by atoms with Gasteiger partial charge in [-0.3, -0.25) is 4.90 Å². The minimum absolute atomic E-state index is 0.0425. The Balaban J connectivity index is 1.54. The molecule has 0 radical (unpaired) electrons. The molecule has 0 unspecified atom stereocenters. The summed E-state index contributed by atoms with van der Waals surface area (Å²) in [6.07, 6.45) is 3.17. The minimum atomic E-state index is 0.0425. The smallest absolute Gasteiger partial charge is 0.180 e. The van der Waals surface area contributed by atoms with Crippen LogP contribution in [-0.4, -0.2) is 46.3 Å². The Hall–Kier alpha value is -1.95. The molecule has 6 nitrogen and oxygen atoms in total. The van der Waals surface area contributed by atoms with Crippen molar-refractivity contribution in [1.29, 1.82) is 0 Å². The van der Waals surface area contributed by atoms with E-state index in [0.29, 0.717) is 6.04 Å². The number of rotatable bonds is 4. The van der Waals surface area contributed by atoms with E-state index in [1.54, 1.807) is 6.26 Å². The average Bonchev–Trinajstić information content (AvgIpc) is 2.89. The van der Waals surface area contributed by atoms with Crippen molar-refractivity contribution in [2.75, 3.05) is 25.0 Å². The van der Waals surface area contributed by atoms with Gasteiger partial charge in [0.2, 0.25) is 0 Å². The molecule has 6 heteroatoms. The molecule has 3 rings (SSSR count). The van der Waals surface area contributed by atoms with Crippen LogP contribution in [0.1, 0.15) is 32.2 Å². The first-order valence-electron chi connectivity index (χ1n) is 7.60. The Labute approximate surface area is 131 Å². The van der Waals surface area contributed by atoms with Crippen molar-refractivity contribution >= 4 is 5.82 Å². The molecular weight excluding hydrogens is 278 g/mol. The molecule has 2 aromatic heterocycles. The Morgan fingerprint density at radius 1 is 1.27 bits per heavy atom. The van der Waals surface area contributed by atoms with Gasteiger partial charge in [0.15, 0.2) is 12.2 Å². The molecule has 1 fully saturated rings. The molecule has 0 amide bonds. The molecule has 0 aromatic carbocycles. The van der Waals surface area contributed by atoms with E-state index >= 15 is 0 Å². The van der Waals surface area contributed by atoms with Crippen LogP contribution in [0.2, 0.25) is 0 Å². The molecule has 0 saturated carbocycles. The van der Waals surface area contributed by atoms with E-state index in [1.165, 1.54) is 6.39 Å². The van der Waals surface area contributed by atoms with Crippen molar-refractivity contribution in [1.82, 2.24) is 20.1 Å². The molecule has 0 atom stereocenters. The monoisotopic (exact) mass is 301 g/mol. The summed E-state index contributed by atoms with van der Waals surface area (Å²) in [5.41, 5.74) is 2.03. The zero-order chi connectivity index (χ0) is 15.7. The third-order valence-electron chi connectivity index (χ3n) is 4.12. The van der Waals surface area contributed by atoms with Crippen molar-refractivity contribution in [3.8, 4) is 0 Å². The summed E-state index contributed by atoms with van der Waals surface area (Å²) in [4.78, 5) is 8.71. The van der Waals surface area contributed by atoms with Crippen molar-refractivity contribution < 1.29 is 4.42 Å². The number of hydrogen-bond donors (Lipinski definition) is 0. The maximum atomic E-state index is 5.01. The lowest BCUT2D eigenvalue weighted by molar-refractivity contribution is 0.194. The van der Waals surface area contributed by atoms with Crippen LogP contribution < -0.4 is 4.90 Å². The lowest BCUT2D eigenvalue weighted by Crippen LogP contribution is -2.58. The average molecular weight is 301 g/mol. The summed E-state index contributed by atoms with van der Waals surface area (Å²) in [6, 6.07) is 4.66. The van der Waals surface area contributed by atoms with Gasteiger partial charge in [0.1, 0.15) is 6.26 Å². The summed E-state index contributed by atoms with van der Waals surface area (Å²) in [7, 11) is 2.12. The second-order valence-electron chi connectivity index (χ2n) is 6.98. The highest BCUT2D eigenvalue weighted by atomic mass is 16.3. The predicted molar refractivity (Wildman–Crippen MR) is 84.7 cm³/mol. The molecule has 0 spiro atoms. The quantitative estimate of drug-likeness (QED) is 0.862. The van der Waals surface area contributed by atoms with Crippen LogP contribution in [0.25, 0.3) is 0 Å². The van der Waals surface area contributed by atoms with Crippen LogP contribution in [0.3, 0.4) is 0 Å². The third kappa shape index (κ3) is 3.11. The number of likely N-dealkylation sites (N-methyl/N-ethyl adjacent to an activating group) is 1. The molecule has 3 heterocycles. The number of anilines is 1. The molecule has 22 heavy (non-hydrogen) atoms. The summed E-state index contributed by atoms with van der Waals surface area (Å²) >= 11 is 0. The zero-order valence-electron chi connectivity index (χ0n) is 13.7. The fourth-order valence-electron chi connectivity index (χ4n) is 2.52. The largest absolute Gasteiger partial charge is 0.451 e. The molecule has 1 aliphatic heterocycles. The van der Waals surface area contributed by atoms with E-state index in [2.05, 4.69) is 64.9 Å². The zero-order valence-corrected chi connectivity index (χ0v) is 13.7. The lowest BCUT2D eigenvalue weighted by atomic mass is 9.92. The molecule has 1 aliphatic rings. The second-order valence-corrected chi connectivity index (χ2v) is 6.98. The highest BCUT2D eigenvalue weighted by Crippen LogP contribution is 2.24. The van der Waals surface area contributed by atoms with E-state index in [-0.39, 0.29) is 5.41 Å². The summed E-state index contributed by atoms with van der Waals surface area (Å²) < 4.78 is 5.01. The number of oxazole rings is 1. The first-order valence-corrected chi connectivity index (χ1v) is 7.60. The summed E-state index contributed by atoms with van der Waals surface area (Å²) in [5, 5.41) is 8.72. The van der Waals surface area contributed by atoms with Crippen LogP contribution >= 0.6 is 0 Å². The van der Waals surface area contributed by atoms with Gasteiger partial charge < -0.3 is 9.32 Å². The van der Waals surface area contributed by atoms with Gasteiger partial charge in [-0.05, 0) is 19.2 Å². The summed E-state index contributed by atoms with van der Waals surface area (Å²) in [5.74, 6) is 0.957. The topological polar surface area (TPSA) is 58.3 Å². The van der Waals surface area contributed by atoms with Crippen molar-refractivity contribution in [2.45, 2.75) is 38.8 Å². The SMILES string of the molecule is CN(Cc1cocn1)C1CN(c2ccc(C(C)(C)C)nn2)C1. The first-order chi connectivity index (χ1) is 10.4. The third-order valence-corrected chi connectivity index (χ3v) is 4.12. The highest BCUT2D eigenvalue weighted by Gasteiger charge is 2.31. The van der Waals surface area contributed by atoms with Gasteiger partial charge in [0.05, 0.1) is 11.4 Å². The lowest BCUT2D eigenvalue weighted by Gasteiger charge is -2.44. The molecule has 0 aliphatic carbocycles. The maximum absolute atomic E-state index is 5.01. The van der Waals surface area contributed by atoms with Gasteiger partial charge in [-0.15, -0.1) is 5.10 Å². The van der Waals surface area contributed by atoms with Crippen LogP contribution in [0.4, 0.5) is 5.82 Å². The van der Waals surface area contributed by atoms with Crippen LogP contribution in [0.15, 0.2) is 29.2 Å². The molecule has 1 saturated heterocycles. The van der Waals surface area contributed by atoms with E-state index in [1.807, 2.05) is 0 Å². The maximum Gasteiger partial charge on any atom is 0.180 e. The molecule has 118 valence electrons. The Morgan fingerprint density at radius 2 is 2.05 bits per heavy atom. The van der Waals surface area contributed by atoms with E-state index < -0.39 is 0 Å². The molecule has 0 N–H and O–H groups in total. The Kier molecular flexibility index (Phi) is 3.87. The van der Waals surface area contributed by atoms with Crippen molar-refractivity contribution in [2.24, 2.45) is 0 Å². The summed E-state index contributed by atoms with van der Waals surface area (Å²) in [6.45, 7) is 9.19. The van der Waals surface area contributed by atoms with Gasteiger partial charge in [0, 0.05) is 31.1 Å². The minimum Gasteiger partial charge on any atom is -0.451 e. The van der Waals surface area contributed by atoms with Crippen LogP contribution in [0, 0.1) is 0 Å². The van der Waals surface area contributed by atoms with E-state index in [0.717, 1.165) is 36.8 Å². The standard InChI is InChI=1S/C16H23N5O/c1-16(2,3)14-5-6-15(19-18-14)21-8-13(9-21)20(4)7-12-10-22-11-17-12/h5-6,10-11,13H,7-9H2,1-4H3. The van der Waals surface area contributed by atoms with E-state index in [9.17, 15) is 0 Å². The van der Waals surface area contributed by atoms with Gasteiger partial charge in [-0.2, -0.15) is 5.10 Å². The fourth-order valence-corrected chi connectivity index (χ4v) is 2.52. The molecule has 0 bridgehead atoms.